The first-order chi connectivity index (χ1) is 8.56. The van der Waals surface area contributed by atoms with Crippen LogP contribution in [0, 0.1) is 5.82 Å². The zero-order chi connectivity index (χ0) is 13.1. The molecule has 0 saturated carbocycles. The molecule has 1 N–H and O–H groups in total. The van der Waals surface area contributed by atoms with Crippen molar-refractivity contribution in [2.24, 2.45) is 0 Å². The molecule has 0 spiro atoms. The van der Waals surface area contributed by atoms with E-state index in [9.17, 15) is 4.39 Å². The molecule has 2 rings (SSSR count). The Hall–Kier alpha value is -0.770. The van der Waals surface area contributed by atoms with E-state index in [0.29, 0.717) is 12.2 Å². The van der Waals surface area contributed by atoms with Crippen molar-refractivity contribution < 1.29 is 4.39 Å². The largest absolute Gasteiger partial charge is 0.379 e. The van der Waals surface area contributed by atoms with Crippen LogP contribution >= 0.6 is 39.1 Å². The predicted molar refractivity (Wildman–Crippen MR) is 77.9 cm³/mol. The number of hydrogen-bond acceptors (Lipinski definition) is 1. The molecular formula is C13H9BrCl2FN. The maximum atomic E-state index is 13.0. The highest BCUT2D eigenvalue weighted by atomic mass is 79.9. The Morgan fingerprint density at radius 2 is 1.61 bits per heavy atom. The van der Waals surface area contributed by atoms with E-state index in [-0.39, 0.29) is 10.0 Å². The molecule has 0 bridgehead atoms. The van der Waals surface area contributed by atoms with Gasteiger partial charge in [-0.2, -0.15) is 0 Å². The second-order valence-corrected chi connectivity index (χ2v) is 5.45. The van der Waals surface area contributed by atoms with Gasteiger partial charge < -0.3 is 5.32 Å². The fourth-order valence-corrected chi connectivity index (χ4v) is 2.36. The Labute approximate surface area is 123 Å². The van der Waals surface area contributed by atoms with Crippen LogP contribution in [0.3, 0.4) is 0 Å². The smallest absolute Gasteiger partial charge is 0.126 e. The molecule has 0 radical (unpaired) electrons. The minimum atomic E-state index is -0.445. The Morgan fingerprint density at radius 3 is 2.17 bits per heavy atom. The number of benzene rings is 2. The molecule has 0 aliphatic carbocycles. The highest BCUT2D eigenvalue weighted by Gasteiger charge is 2.07. The summed E-state index contributed by atoms with van der Waals surface area (Å²) in [5, 5.41) is 3.65. The average molecular weight is 349 g/mol. The molecule has 1 nitrogen and oxygen atoms in total. The number of anilines is 1. The van der Waals surface area contributed by atoms with Gasteiger partial charge in [0.1, 0.15) is 5.82 Å². The average Bonchev–Trinajstić information content (AvgIpc) is 2.30. The summed E-state index contributed by atoms with van der Waals surface area (Å²) in [6, 6.07) is 10.3. The van der Waals surface area contributed by atoms with E-state index in [1.165, 1.54) is 12.1 Å². The van der Waals surface area contributed by atoms with Crippen molar-refractivity contribution in [2.45, 2.75) is 6.54 Å². The van der Waals surface area contributed by atoms with Crippen molar-refractivity contribution in [3.63, 3.8) is 0 Å². The molecule has 0 aliphatic rings. The van der Waals surface area contributed by atoms with E-state index in [0.717, 1.165) is 10.0 Å². The molecule has 0 fully saturated rings. The first kappa shape index (κ1) is 13.7. The van der Waals surface area contributed by atoms with Crippen molar-refractivity contribution in [2.75, 3.05) is 5.32 Å². The molecule has 0 unspecified atom stereocenters. The molecule has 0 heterocycles. The second-order valence-electron chi connectivity index (χ2n) is 3.72. The van der Waals surface area contributed by atoms with E-state index in [4.69, 9.17) is 23.2 Å². The van der Waals surface area contributed by atoms with E-state index < -0.39 is 5.82 Å². The first-order valence-corrected chi connectivity index (χ1v) is 6.74. The maximum Gasteiger partial charge on any atom is 0.126 e. The van der Waals surface area contributed by atoms with Crippen molar-refractivity contribution >= 4 is 44.8 Å². The molecule has 18 heavy (non-hydrogen) atoms. The van der Waals surface area contributed by atoms with Crippen molar-refractivity contribution in [3.8, 4) is 0 Å². The van der Waals surface area contributed by atoms with Crippen molar-refractivity contribution in [3.05, 3.63) is 62.3 Å². The Balaban J connectivity index is 2.13. The maximum absolute atomic E-state index is 13.0. The third-order valence-corrected chi connectivity index (χ3v) is 3.51. The minimum Gasteiger partial charge on any atom is -0.379 e. The van der Waals surface area contributed by atoms with Crippen molar-refractivity contribution in [1.82, 2.24) is 0 Å². The zero-order valence-electron chi connectivity index (χ0n) is 9.18. The fraction of sp³-hybridized carbons (Fsp3) is 0.0769. The van der Waals surface area contributed by atoms with Gasteiger partial charge in [0.2, 0.25) is 0 Å². The molecule has 94 valence electrons. The third kappa shape index (κ3) is 3.37. The van der Waals surface area contributed by atoms with Gasteiger partial charge in [0.25, 0.3) is 0 Å². The first-order valence-electron chi connectivity index (χ1n) is 5.19. The summed E-state index contributed by atoms with van der Waals surface area (Å²) in [5.74, 6) is -0.445. The zero-order valence-corrected chi connectivity index (χ0v) is 12.3. The molecule has 0 amide bonds. The molecule has 0 saturated heterocycles. The Morgan fingerprint density at radius 1 is 1.06 bits per heavy atom. The number of halogens is 4. The van der Waals surface area contributed by atoms with Crippen LogP contribution < -0.4 is 5.32 Å². The van der Waals surface area contributed by atoms with Crippen LogP contribution in [0.2, 0.25) is 10.0 Å². The van der Waals surface area contributed by atoms with Crippen LogP contribution in [0.25, 0.3) is 0 Å². The normalized spacial score (nSPS) is 10.4. The van der Waals surface area contributed by atoms with Crippen LogP contribution in [-0.4, -0.2) is 0 Å². The van der Waals surface area contributed by atoms with E-state index in [1.807, 2.05) is 24.3 Å². The monoisotopic (exact) mass is 347 g/mol. The SMILES string of the molecule is Fc1cc(Cl)c(NCc2ccc(Br)cc2)c(Cl)c1. The van der Waals surface area contributed by atoms with E-state index in [1.54, 1.807) is 0 Å². The van der Waals surface area contributed by atoms with Gasteiger partial charge in [-0.05, 0) is 29.8 Å². The summed E-state index contributed by atoms with van der Waals surface area (Å²) < 4.78 is 14.0. The summed E-state index contributed by atoms with van der Waals surface area (Å²) in [7, 11) is 0. The number of hydrogen-bond donors (Lipinski definition) is 1. The van der Waals surface area contributed by atoms with Gasteiger partial charge in [0.15, 0.2) is 0 Å². The predicted octanol–water partition coefficient (Wildman–Crippen LogP) is 5.51. The van der Waals surface area contributed by atoms with Gasteiger partial charge in [-0.25, -0.2) is 4.39 Å². The summed E-state index contributed by atoms with van der Waals surface area (Å²) in [6.07, 6.45) is 0. The van der Waals surface area contributed by atoms with E-state index in [2.05, 4.69) is 21.2 Å². The summed E-state index contributed by atoms with van der Waals surface area (Å²) in [4.78, 5) is 0. The molecule has 5 heteroatoms. The lowest BCUT2D eigenvalue weighted by Crippen LogP contribution is -2.00. The minimum absolute atomic E-state index is 0.275. The lowest BCUT2D eigenvalue weighted by atomic mass is 10.2. The summed E-state index contributed by atoms with van der Waals surface area (Å²) >= 11 is 15.2. The quantitative estimate of drug-likeness (QED) is 0.771. The van der Waals surface area contributed by atoms with Crippen LogP contribution in [0.15, 0.2) is 40.9 Å². The Kier molecular flexibility index (Phi) is 4.49. The standard InChI is InChI=1S/C13H9BrCl2FN/c14-9-3-1-8(2-4-9)7-18-13-11(15)5-10(17)6-12(13)16/h1-6,18H,7H2. The van der Waals surface area contributed by atoms with Gasteiger partial charge in [-0.1, -0.05) is 51.3 Å². The van der Waals surface area contributed by atoms with Gasteiger partial charge in [0, 0.05) is 11.0 Å². The van der Waals surface area contributed by atoms with Gasteiger partial charge >= 0.3 is 0 Å². The molecule has 2 aromatic rings. The van der Waals surface area contributed by atoms with Gasteiger partial charge in [-0.3, -0.25) is 0 Å². The summed E-state index contributed by atoms with van der Waals surface area (Å²) in [6.45, 7) is 0.568. The van der Waals surface area contributed by atoms with Crippen LogP contribution in [0.1, 0.15) is 5.56 Å². The van der Waals surface area contributed by atoms with Crippen molar-refractivity contribution in [1.29, 1.82) is 0 Å². The molecule has 2 aromatic carbocycles. The van der Waals surface area contributed by atoms with E-state index >= 15 is 0 Å². The lowest BCUT2D eigenvalue weighted by Gasteiger charge is -2.10. The summed E-state index contributed by atoms with van der Waals surface area (Å²) in [5.41, 5.74) is 1.62. The topological polar surface area (TPSA) is 12.0 Å². The van der Waals surface area contributed by atoms with Crippen LogP contribution in [-0.2, 0) is 6.54 Å². The molecule has 0 aromatic heterocycles. The second kappa shape index (κ2) is 5.91. The van der Waals surface area contributed by atoms with Crippen LogP contribution in [0.5, 0.6) is 0 Å². The molecular weight excluding hydrogens is 340 g/mol. The molecule has 0 aliphatic heterocycles. The highest BCUT2D eigenvalue weighted by Crippen LogP contribution is 2.31. The van der Waals surface area contributed by atoms with Crippen LogP contribution in [0.4, 0.5) is 10.1 Å². The third-order valence-electron chi connectivity index (χ3n) is 2.39. The van der Waals surface area contributed by atoms with Gasteiger partial charge in [0.05, 0.1) is 15.7 Å². The number of rotatable bonds is 3. The van der Waals surface area contributed by atoms with Gasteiger partial charge in [-0.15, -0.1) is 0 Å². The number of nitrogens with one attached hydrogen (secondary N) is 1. The molecule has 0 atom stereocenters. The highest BCUT2D eigenvalue weighted by molar-refractivity contribution is 9.10. The fourth-order valence-electron chi connectivity index (χ4n) is 1.50. The Bertz CT molecular complexity index is 534. The lowest BCUT2D eigenvalue weighted by molar-refractivity contribution is 0.628.